The monoisotopic (exact) mass is 145 g/mol. The average Bonchev–Trinajstić information content (AvgIpc) is 2.00. The fraction of sp³-hybridized carbons (Fsp3) is 1.00. The van der Waals surface area contributed by atoms with E-state index in [-0.39, 0.29) is 12.1 Å². The zero-order valence-electron chi connectivity index (χ0n) is 7.26. The lowest BCUT2D eigenvalue weighted by molar-refractivity contribution is 0.0138. The van der Waals surface area contributed by atoms with E-state index in [9.17, 15) is 0 Å². The molecule has 1 fully saturated rings. The largest absolute Gasteiger partial charge is 0.377 e. The molecule has 0 saturated carbocycles. The molecule has 0 bridgehead atoms. The summed E-state index contributed by atoms with van der Waals surface area (Å²) in [5, 5.41) is 0. The van der Waals surface area contributed by atoms with Crippen molar-refractivity contribution < 1.29 is 4.74 Å². The minimum Gasteiger partial charge on any atom is -0.377 e. The van der Waals surface area contributed by atoms with Gasteiger partial charge in [-0.1, -0.05) is 13.8 Å². The normalized spacial score (nSPS) is 32.4. The van der Waals surface area contributed by atoms with Crippen LogP contribution in [-0.4, -0.2) is 18.8 Å². The molecule has 1 aliphatic heterocycles. The molecule has 0 aromatic heterocycles. The Morgan fingerprint density at radius 1 is 1.40 bits per heavy atom. The molecule has 0 aromatic carbocycles. The van der Waals surface area contributed by atoms with Crippen LogP contribution in [0, 0.1) is 0 Å². The van der Waals surface area contributed by atoms with Gasteiger partial charge in [-0.05, 0) is 19.8 Å². The molecule has 2 heteroatoms. The molecule has 0 aliphatic carbocycles. The molecule has 0 spiro atoms. The van der Waals surface area contributed by atoms with E-state index in [0.717, 1.165) is 19.4 Å². The molecular weight excluding hydrogens is 126 g/mol. The lowest BCUT2D eigenvalue weighted by Gasteiger charge is -2.25. The highest BCUT2D eigenvalue weighted by Crippen LogP contribution is 2.10. The number of nitrogens with two attached hydrogens (primary N) is 1. The maximum Gasteiger partial charge on any atom is 0.0697 e. The van der Waals surface area contributed by atoms with Crippen molar-refractivity contribution in [1.82, 2.24) is 0 Å². The Bertz CT molecular complexity index is 65.7. The predicted molar refractivity (Wildman–Crippen MR) is 44.0 cm³/mol. The highest BCUT2D eigenvalue weighted by molar-refractivity contribution is 4.72. The third kappa shape index (κ3) is 3.18. The second-order valence-electron chi connectivity index (χ2n) is 2.38. The Balaban J connectivity index is 0.000000371. The standard InChI is InChI=1S/C6H13NO.C2H6/c1-5-6(7)3-2-4-8-5;1-2/h5-6H,2-4,7H2,1H3;1-2H3. The average molecular weight is 145 g/mol. The van der Waals surface area contributed by atoms with Crippen molar-refractivity contribution in [2.75, 3.05) is 6.61 Å². The van der Waals surface area contributed by atoms with Crippen molar-refractivity contribution in [3.63, 3.8) is 0 Å². The summed E-state index contributed by atoms with van der Waals surface area (Å²) in [5.74, 6) is 0. The Hall–Kier alpha value is -0.0800. The van der Waals surface area contributed by atoms with Gasteiger partial charge in [0.1, 0.15) is 0 Å². The summed E-state index contributed by atoms with van der Waals surface area (Å²) in [5.41, 5.74) is 5.65. The van der Waals surface area contributed by atoms with Gasteiger partial charge in [-0.15, -0.1) is 0 Å². The van der Waals surface area contributed by atoms with E-state index in [4.69, 9.17) is 10.5 Å². The molecule has 0 aromatic rings. The lowest BCUT2D eigenvalue weighted by Crippen LogP contribution is -2.38. The number of ether oxygens (including phenoxy) is 1. The molecule has 10 heavy (non-hydrogen) atoms. The van der Waals surface area contributed by atoms with Crippen molar-refractivity contribution in [2.45, 2.75) is 45.8 Å². The Labute approximate surface area is 63.7 Å². The summed E-state index contributed by atoms with van der Waals surface area (Å²) in [6, 6.07) is 0.281. The van der Waals surface area contributed by atoms with Gasteiger partial charge < -0.3 is 10.5 Å². The molecule has 2 unspecified atom stereocenters. The Morgan fingerprint density at radius 3 is 2.30 bits per heavy atom. The summed E-state index contributed by atoms with van der Waals surface area (Å²) in [6.45, 7) is 6.93. The maximum absolute atomic E-state index is 5.65. The van der Waals surface area contributed by atoms with E-state index < -0.39 is 0 Å². The van der Waals surface area contributed by atoms with Crippen molar-refractivity contribution in [1.29, 1.82) is 0 Å². The van der Waals surface area contributed by atoms with Gasteiger partial charge in [0.2, 0.25) is 0 Å². The molecule has 0 amide bonds. The summed E-state index contributed by atoms with van der Waals surface area (Å²) in [7, 11) is 0. The fourth-order valence-corrected chi connectivity index (χ4v) is 0.947. The van der Waals surface area contributed by atoms with E-state index in [1.54, 1.807) is 0 Å². The van der Waals surface area contributed by atoms with Gasteiger partial charge in [-0.3, -0.25) is 0 Å². The van der Waals surface area contributed by atoms with Gasteiger partial charge in [-0.2, -0.15) is 0 Å². The first-order chi connectivity index (χ1) is 4.80. The molecular formula is C8H19NO. The highest BCUT2D eigenvalue weighted by Gasteiger charge is 2.16. The Kier molecular flexibility index (Phi) is 5.64. The van der Waals surface area contributed by atoms with Gasteiger partial charge in [-0.25, -0.2) is 0 Å². The topological polar surface area (TPSA) is 35.2 Å². The van der Waals surface area contributed by atoms with Crippen LogP contribution in [0.3, 0.4) is 0 Å². The van der Waals surface area contributed by atoms with Crippen LogP contribution in [0.1, 0.15) is 33.6 Å². The van der Waals surface area contributed by atoms with Crippen molar-refractivity contribution in [3.8, 4) is 0 Å². The first-order valence-electron chi connectivity index (χ1n) is 4.18. The van der Waals surface area contributed by atoms with Crippen molar-refractivity contribution in [2.24, 2.45) is 5.73 Å². The second-order valence-corrected chi connectivity index (χ2v) is 2.38. The minimum atomic E-state index is 0.281. The van der Waals surface area contributed by atoms with Crippen LogP contribution in [0.4, 0.5) is 0 Å². The highest BCUT2D eigenvalue weighted by atomic mass is 16.5. The third-order valence-corrected chi connectivity index (χ3v) is 1.67. The van der Waals surface area contributed by atoms with Gasteiger partial charge in [0.25, 0.3) is 0 Å². The first-order valence-corrected chi connectivity index (χ1v) is 4.18. The zero-order chi connectivity index (χ0) is 7.98. The molecule has 2 atom stereocenters. The van der Waals surface area contributed by atoms with Crippen LogP contribution in [0.25, 0.3) is 0 Å². The third-order valence-electron chi connectivity index (χ3n) is 1.67. The van der Waals surface area contributed by atoms with Gasteiger partial charge >= 0.3 is 0 Å². The van der Waals surface area contributed by atoms with E-state index >= 15 is 0 Å². The SMILES string of the molecule is CC.CC1OCCCC1N. The van der Waals surface area contributed by atoms with E-state index in [2.05, 4.69) is 0 Å². The molecule has 0 radical (unpaired) electrons. The molecule has 62 valence electrons. The van der Waals surface area contributed by atoms with Crippen LogP contribution in [0.15, 0.2) is 0 Å². The molecule has 1 aliphatic rings. The number of hydrogen-bond donors (Lipinski definition) is 1. The maximum atomic E-state index is 5.65. The summed E-state index contributed by atoms with van der Waals surface area (Å²) in [6.07, 6.45) is 2.54. The first kappa shape index (κ1) is 9.92. The molecule has 1 rings (SSSR count). The van der Waals surface area contributed by atoms with Gasteiger partial charge in [0.05, 0.1) is 6.10 Å². The van der Waals surface area contributed by atoms with Gasteiger partial charge in [0.15, 0.2) is 0 Å². The van der Waals surface area contributed by atoms with Crippen LogP contribution >= 0.6 is 0 Å². The quantitative estimate of drug-likeness (QED) is 0.561. The van der Waals surface area contributed by atoms with Crippen molar-refractivity contribution in [3.05, 3.63) is 0 Å². The van der Waals surface area contributed by atoms with E-state index in [0.29, 0.717) is 0 Å². The van der Waals surface area contributed by atoms with Crippen LogP contribution < -0.4 is 5.73 Å². The molecule has 2 nitrogen and oxygen atoms in total. The zero-order valence-corrected chi connectivity index (χ0v) is 7.26. The summed E-state index contributed by atoms with van der Waals surface area (Å²) in [4.78, 5) is 0. The summed E-state index contributed by atoms with van der Waals surface area (Å²) < 4.78 is 5.27. The van der Waals surface area contributed by atoms with Crippen LogP contribution in [0.2, 0.25) is 0 Å². The van der Waals surface area contributed by atoms with Crippen LogP contribution in [-0.2, 0) is 4.74 Å². The molecule has 2 N–H and O–H groups in total. The van der Waals surface area contributed by atoms with Gasteiger partial charge in [0, 0.05) is 12.6 Å². The van der Waals surface area contributed by atoms with E-state index in [1.807, 2.05) is 20.8 Å². The molecule has 1 saturated heterocycles. The number of hydrogen-bond acceptors (Lipinski definition) is 2. The second kappa shape index (κ2) is 5.69. The lowest BCUT2D eigenvalue weighted by atomic mass is 10.1. The van der Waals surface area contributed by atoms with Crippen molar-refractivity contribution >= 4 is 0 Å². The summed E-state index contributed by atoms with van der Waals surface area (Å²) >= 11 is 0. The van der Waals surface area contributed by atoms with E-state index in [1.165, 1.54) is 0 Å². The Morgan fingerprint density at radius 2 is 2.00 bits per heavy atom. The molecule has 1 heterocycles. The van der Waals surface area contributed by atoms with Crippen LogP contribution in [0.5, 0.6) is 0 Å². The smallest absolute Gasteiger partial charge is 0.0697 e. The predicted octanol–water partition coefficient (Wildman–Crippen LogP) is 1.54. The fourth-order valence-electron chi connectivity index (χ4n) is 0.947. The minimum absolute atomic E-state index is 0.281. The number of rotatable bonds is 0.